The summed E-state index contributed by atoms with van der Waals surface area (Å²) in [6, 6.07) is 14.0. The number of para-hydroxylation sites is 1. The van der Waals surface area contributed by atoms with Crippen molar-refractivity contribution in [3.63, 3.8) is 0 Å². The Morgan fingerprint density at radius 3 is 2.84 bits per heavy atom. The molecule has 0 unspecified atom stereocenters. The van der Waals surface area contributed by atoms with Crippen molar-refractivity contribution in [3.8, 4) is 11.3 Å². The topological polar surface area (TPSA) is 95.7 Å². The Hall–Kier alpha value is -3.74. The molecule has 0 spiro atoms. The minimum atomic E-state index is 0.488. The van der Waals surface area contributed by atoms with Gasteiger partial charge in [0, 0.05) is 47.0 Å². The Balaban J connectivity index is 1.43. The first-order valence-electron chi connectivity index (χ1n) is 10.6. The maximum Gasteiger partial charge on any atom is 0.168 e. The van der Waals surface area contributed by atoms with E-state index in [2.05, 4.69) is 32.8 Å². The van der Waals surface area contributed by atoms with E-state index < -0.39 is 0 Å². The van der Waals surface area contributed by atoms with E-state index in [-0.39, 0.29) is 0 Å². The molecule has 156 valence electrons. The fourth-order valence-corrected chi connectivity index (χ4v) is 4.09. The Labute approximate surface area is 179 Å². The van der Waals surface area contributed by atoms with Crippen molar-refractivity contribution in [2.45, 2.75) is 39.2 Å². The van der Waals surface area contributed by atoms with Gasteiger partial charge in [-0.3, -0.25) is 9.67 Å². The van der Waals surface area contributed by atoms with E-state index in [1.54, 1.807) is 12.4 Å². The second-order valence-corrected chi connectivity index (χ2v) is 7.69. The third kappa shape index (κ3) is 3.63. The van der Waals surface area contributed by atoms with E-state index in [0.717, 1.165) is 71.1 Å². The Bertz CT molecular complexity index is 1340. The smallest absolute Gasteiger partial charge is 0.168 e. The minimum absolute atomic E-state index is 0.488. The van der Waals surface area contributed by atoms with Gasteiger partial charge in [0.25, 0.3) is 0 Å². The molecule has 0 aliphatic carbocycles. The monoisotopic (exact) mass is 412 g/mol. The van der Waals surface area contributed by atoms with E-state index in [1.165, 1.54) is 5.69 Å². The van der Waals surface area contributed by atoms with Gasteiger partial charge in [0.2, 0.25) is 0 Å². The highest BCUT2D eigenvalue weighted by atomic mass is 16.5. The number of benzene rings is 1. The predicted octanol–water partition coefficient (Wildman–Crippen LogP) is 4.80. The molecule has 5 aromatic rings. The van der Waals surface area contributed by atoms with Gasteiger partial charge in [0.05, 0.1) is 11.2 Å². The minimum Gasteiger partial charge on any atom is -0.382 e. The molecule has 0 radical (unpaired) electrons. The zero-order chi connectivity index (χ0) is 21.2. The number of fused-ring (bicyclic) bond motifs is 3. The van der Waals surface area contributed by atoms with Gasteiger partial charge in [0.1, 0.15) is 5.52 Å². The van der Waals surface area contributed by atoms with Gasteiger partial charge in [0.15, 0.2) is 11.6 Å². The van der Waals surface area contributed by atoms with Crippen LogP contribution in [0.3, 0.4) is 0 Å². The number of nitrogen functional groups attached to an aromatic ring is 1. The number of anilines is 1. The lowest BCUT2D eigenvalue weighted by Gasteiger charge is -2.07. The molecule has 7 heteroatoms. The quantitative estimate of drug-likeness (QED) is 0.412. The average Bonchev–Trinajstić information content (AvgIpc) is 3.41. The molecule has 4 aromatic heterocycles. The molecule has 1 aromatic carbocycles. The van der Waals surface area contributed by atoms with Gasteiger partial charge in [-0.1, -0.05) is 30.3 Å². The van der Waals surface area contributed by atoms with Gasteiger partial charge in [-0.05, 0) is 43.9 Å². The molecule has 0 atom stereocenters. The summed E-state index contributed by atoms with van der Waals surface area (Å²) in [6.45, 7) is 3.01. The number of hydrogen-bond donors (Lipinski definition) is 1. The van der Waals surface area contributed by atoms with Crippen molar-refractivity contribution in [2.24, 2.45) is 0 Å². The molecule has 2 N–H and O–H groups in total. The van der Waals surface area contributed by atoms with Gasteiger partial charge in [-0.2, -0.15) is 5.10 Å². The van der Waals surface area contributed by atoms with Crippen LogP contribution in [-0.4, -0.2) is 24.9 Å². The van der Waals surface area contributed by atoms with Crippen LogP contribution in [0.1, 0.15) is 31.2 Å². The van der Waals surface area contributed by atoms with Gasteiger partial charge in [-0.15, -0.1) is 0 Å². The van der Waals surface area contributed by atoms with Crippen molar-refractivity contribution < 1.29 is 4.52 Å². The maximum atomic E-state index is 6.26. The lowest BCUT2D eigenvalue weighted by atomic mass is 10.0. The normalized spacial score (nSPS) is 11.5. The molecule has 0 bridgehead atoms. The number of aryl methyl sites for hydroxylation is 3. The van der Waals surface area contributed by atoms with Crippen molar-refractivity contribution in [3.05, 3.63) is 66.2 Å². The van der Waals surface area contributed by atoms with Crippen LogP contribution in [-0.2, 0) is 19.4 Å². The van der Waals surface area contributed by atoms with Crippen LogP contribution in [0.5, 0.6) is 0 Å². The largest absolute Gasteiger partial charge is 0.382 e. The van der Waals surface area contributed by atoms with Crippen molar-refractivity contribution in [1.29, 1.82) is 0 Å². The standard InChI is InChI=1S/C24H24N6O/c1-2-13-30-20(22-18-9-3-4-10-19(18)27-24(25)23(22)28-30)11-5-8-17-14-21(31-29-17)16-7-6-12-26-15-16/h3-4,6-7,9-10,12,14-15H,2,5,8,11,13H2,1H3,(H2,25,27). The van der Waals surface area contributed by atoms with Crippen molar-refractivity contribution in [2.75, 3.05) is 5.73 Å². The first kappa shape index (κ1) is 19.2. The number of hydrogen-bond acceptors (Lipinski definition) is 6. The van der Waals surface area contributed by atoms with Crippen molar-refractivity contribution >= 4 is 27.6 Å². The lowest BCUT2D eigenvalue weighted by Crippen LogP contribution is -2.05. The highest BCUT2D eigenvalue weighted by Gasteiger charge is 2.17. The Morgan fingerprint density at radius 1 is 1.10 bits per heavy atom. The zero-order valence-electron chi connectivity index (χ0n) is 17.5. The highest BCUT2D eigenvalue weighted by Crippen LogP contribution is 2.31. The van der Waals surface area contributed by atoms with Crippen molar-refractivity contribution in [1.82, 2.24) is 24.9 Å². The molecule has 31 heavy (non-hydrogen) atoms. The fourth-order valence-electron chi connectivity index (χ4n) is 4.09. The van der Waals surface area contributed by atoms with Crippen LogP contribution in [0.2, 0.25) is 0 Å². The molecule has 0 aliphatic heterocycles. The molecule has 0 fully saturated rings. The summed E-state index contributed by atoms with van der Waals surface area (Å²) < 4.78 is 7.61. The second-order valence-electron chi connectivity index (χ2n) is 7.69. The van der Waals surface area contributed by atoms with Gasteiger partial charge < -0.3 is 10.3 Å². The van der Waals surface area contributed by atoms with E-state index in [1.807, 2.05) is 36.4 Å². The van der Waals surface area contributed by atoms with Crippen LogP contribution in [0.4, 0.5) is 5.82 Å². The summed E-state index contributed by atoms with van der Waals surface area (Å²) in [5.74, 6) is 1.23. The summed E-state index contributed by atoms with van der Waals surface area (Å²) in [5, 5.41) is 11.3. The Morgan fingerprint density at radius 2 is 2.00 bits per heavy atom. The first-order chi connectivity index (χ1) is 15.2. The number of nitrogens with zero attached hydrogens (tertiary/aromatic N) is 5. The van der Waals surface area contributed by atoms with Crippen LogP contribution in [0.15, 0.2) is 59.4 Å². The van der Waals surface area contributed by atoms with Gasteiger partial charge in [-0.25, -0.2) is 4.98 Å². The van der Waals surface area contributed by atoms with Crippen LogP contribution >= 0.6 is 0 Å². The zero-order valence-corrected chi connectivity index (χ0v) is 17.5. The molecular formula is C24H24N6O. The van der Waals surface area contributed by atoms with Gasteiger partial charge >= 0.3 is 0 Å². The number of nitrogens with two attached hydrogens (primary N) is 1. The molecule has 0 amide bonds. The molecule has 4 heterocycles. The number of pyridine rings is 2. The van der Waals surface area contributed by atoms with Crippen LogP contribution in [0, 0.1) is 0 Å². The van der Waals surface area contributed by atoms with Crippen LogP contribution in [0.25, 0.3) is 33.1 Å². The summed E-state index contributed by atoms with van der Waals surface area (Å²) in [7, 11) is 0. The maximum absolute atomic E-state index is 6.26. The fraction of sp³-hybridized carbons (Fsp3) is 0.250. The Kier molecular flexibility index (Phi) is 5.08. The van der Waals surface area contributed by atoms with E-state index in [4.69, 9.17) is 15.4 Å². The second kappa shape index (κ2) is 8.18. The molecule has 5 rings (SSSR count). The van der Waals surface area contributed by atoms with E-state index in [0.29, 0.717) is 5.82 Å². The summed E-state index contributed by atoms with van der Waals surface area (Å²) in [5.41, 5.74) is 11.0. The SMILES string of the molecule is CCCn1nc2c(N)nc3ccccc3c2c1CCCc1cc(-c2cccnc2)on1. The molecule has 0 saturated carbocycles. The highest BCUT2D eigenvalue weighted by molar-refractivity contribution is 6.09. The first-order valence-corrected chi connectivity index (χ1v) is 10.6. The predicted molar refractivity (Wildman–Crippen MR) is 121 cm³/mol. The molecule has 0 saturated heterocycles. The number of aromatic nitrogens is 5. The van der Waals surface area contributed by atoms with E-state index >= 15 is 0 Å². The summed E-state index contributed by atoms with van der Waals surface area (Å²) >= 11 is 0. The number of rotatable bonds is 7. The lowest BCUT2D eigenvalue weighted by molar-refractivity contribution is 0.422. The summed E-state index contributed by atoms with van der Waals surface area (Å²) in [4.78, 5) is 8.69. The van der Waals surface area contributed by atoms with Crippen LogP contribution < -0.4 is 5.73 Å². The average molecular weight is 412 g/mol. The van der Waals surface area contributed by atoms with E-state index in [9.17, 15) is 0 Å². The molecular weight excluding hydrogens is 388 g/mol. The molecule has 7 nitrogen and oxygen atoms in total. The third-order valence-electron chi connectivity index (χ3n) is 5.50. The molecule has 0 aliphatic rings. The summed E-state index contributed by atoms with van der Waals surface area (Å²) in [6.07, 6.45) is 7.16. The third-order valence-corrected chi connectivity index (χ3v) is 5.50.